The van der Waals surface area contributed by atoms with E-state index in [4.69, 9.17) is 5.11 Å². The fraction of sp³-hybridized carbons (Fsp3) is 1.00. The van der Waals surface area contributed by atoms with E-state index in [2.05, 4.69) is 18.7 Å². The summed E-state index contributed by atoms with van der Waals surface area (Å²) in [6, 6.07) is 0. The molecule has 1 N–H and O–H groups in total. The smallest absolute Gasteiger partial charge is 0.0564 e. The molecule has 0 radical (unpaired) electrons. The summed E-state index contributed by atoms with van der Waals surface area (Å²) in [5.41, 5.74) is 0. The molecule has 0 atom stereocenters. The van der Waals surface area contributed by atoms with E-state index in [1.165, 1.54) is 45.1 Å². The molecule has 2 rings (SSSR count). The average molecular weight is 271 g/mol. The predicted octanol–water partition coefficient (Wildman–Crippen LogP) is 4.47. The van der Waals surface area contributed by atoms with Crippen molar-refractivity contribution in [2.75, 3.05) is 19.6 Å². The van der Waals surface area contributed by atoms with Crippen LogP contribution >= 0.6 is 0 Å². The van der Waals surface area contributed by atoms with Crippen molar-refractivity contribution in [1.82, 2.24) is 4.90 Å². The third-order valence-electron chi connectivity index (χ3n) is 4.02. The van der Waals surface area contributed by atoms with Crippen molar-refractivity contribution in [1.29, 1.82) is 0 Å². The molecular weight excluding hydrogens is 234 g/mol. The van der Waals surface area contributed by atoms with Crippen LogP contribution in [-0.4, -0.2) is 35.7 Å². The Kier molecular flexibility index (Phi) is 12.9. The summed E-state index contributed by atoms with van der Waals surface area (Å²) in [6.07, 6.45) is 10.6. The minimum atomic E-state index is -0.0203. The molecule has 19 heavy (non-hydrogen) atoms. The third-order valence-corrected chi connectivity index (χ3v) is 4.02. The summed E-state index contributed by atoms with van der Waals surface area (Å²) in [7, 11) is 0. The van der Waals surface area contributed by atoms with Crippen LogP contribution in [0, 0.1) is 5.92 Å². The van der Waals surface area contributed by atoms with Crippen LogP contribution < -0.4 is 0 Å². The highest BCUT2D eigenvalue weighted by atomic mass is 16.3. The number of hydrogen-bond acceptors (Lipinski definition) is 2. The fourth-order valence-electron chi connectivity index (χ4n) is 2.65. The molecule has 1 aliphatic heterocycles. The maximum Gasteiger partial charge on any atom is 0.0564 e. The highest BCUT2D eigenvalue weighted by Crippen LogP contribution is 2.29. The lowest BCUT2D eigenvalue weighted by Gasteiger charge is -2.28. The minimum absolute atomic E-state index is 0.0203. The zero-order valence-corrected chi connectivity index (χ0v) is 13.8. The van der Waals surface area contributed by atoms with Gasteiger partial charge in [-0.15, -0.1) is 0 Å². The molecule has 2 heteroatoms. The predicted molar refractivity (Wildman–Crippen MR) is 85.6 cm³/mol. The molecule has 2 fully saturated rings. The lowest BCUT2D eigenvalue weighted by molar-refractivity contribution is 0.0827. The molecule has 2 nitrogen and oxygen atoms in total. The molecule has 1 aliphatic carbocycles. The third kappa shape index (κ3) is 9.45. The second kappa shape index (κ2) is 12.9. The molecule has 116 valence electrons. The van der Waals surface area contributed by atoms with Crippen molar-refractivity contribution in [3.05, 3.63) is 0 Å². The first-order valence-corrected chi connectivity index (χ1v) is 8.66. The molecule has 0 spiro atoms. The molecule has 1 saturated carbocycles. The van der Waals surface area contributed by atoms with E-state index in [0.29, 0.717) is 0 Å². The van der Waals surface area contributed by atoms with E-state index in [1.807, 2.05) is 13.8 Å². The zero-order chi connectivity index (χ0) is 14.5. The van der Waals surface area contributed by atoms with Gasteiger partial charge in [-0.1, -0.05) is 59.8 Å². The summed E-state index contributed by atoms with van der Waals surface area (Å²) in [5, 5.41) is 9.17. The molecule has 1 heterocycles. The Labute approximate surface area is 121 Å². The van der Waals surface area contributed by atoms with Crippen LogP contribution in [0.3, 0.4) is 0 Å². The van der Waals surface area contributed by atoms with E-state index in [9.17, 15) is 0 Å². The Morgan fingerprint density at radius 2 is 1.53 bits per heavy atom. The van der Waals surface area contributed by atoms with Crippen molar-refractivity contribution >= 4 is 0 Å². The molecule has 2 aliphatic rings. The second-order valence-corrected chi connectivity index (χ2v) is 5.66. The molecule has 0 aromatic heterocycles. The van der Waals surface area contributed by atoms with Gasteiger partial charge in [0.2, 0.25) is 0 Å². The van der Waals surface area contributed by atoms with E-state index < -0.39 is 0 Å². The Morgan fingerprint density at radius 3 is 1.84 bits per heavy atom. The number of hydrogen-bond donors (Lipinski definition) is 1. The van der Waals surface area contributed by atoms with E-state index in [-0.39, 0.29) is 6.10 Å². The zero-order valence-electron chi connectivity index (χ0n) is 13.8. The topological polar surface area (TPSA) is 23.5 Å². The van der Waals surface area contributed by atoms with Gasteiger partial charge in [-0.25, -0.2) is 0 Å². The Morgan fingerprint density at radius 1 is 0.947 bits per heavy atom. The fourth-order valence-corrected chi connectivity index (χ4v) is 2.65. The van der Waals surface area contributed by atoms with Crippen molar-refractivity contribution < 1.29 is 5.11 Å². The van der Waals surface area contributed by atoms with E-state index >= 15 is 0 Å². The van der Waals surface area contributed by atoms with Crippen LogP contribution in [0.4, 0.5) is 0 Å². The molecule has 0 aromatic rings. The van der Waals surface area contributed by atoms with Gasteiger partial charge >= 0.3 is 0 Å². The van der Waals surface area contributed by atoms with Gasteiger partial charge in [0.1, 0.15) is 0 Å². The lowest BCUT2D eigenvalue weighted by Crippen LogP contribution is -2.36. The maximum atomic E-state index is 9.17. The van der Waals surface area contributed by atoms with Gasteiger partial charge in [-0.2, -0.15) is 0 Å². The normalized spacial score (nSPS) is 20.7. The molecule has 0 bridgehead atoms. The van der Waals surface area contributed by atoms with Gasteiger partial charge in [-0.3, -0.25) is 0 Å². The van der Waals surface area contributed by atoms with Crippen LogP contribution in [0.5, 0.6) is 0 Å². The number of piperidine rings is 1. The summed E-state index contributed by atoms with van der Waals surface area (Å²) in [6.45, 7) is 11.9. The molecule has 0 amide bonds. The van der Waals surface area contributed by atoms with Crippen molar-refractivity contribution in [3.8, 4) is 0 Å². The van der Waals surface area contributed by atoms with Crippen LogP contribution in [0.2, 0.25) is 0 Å². The first kappa shape index (κ1) is 18.9. The van der Waals surface area contributed by atoms with Gasteiger partial charge < -0.3 is 10.0 Å². The van der Waals surface area contributed by atoms with E-state index in [1.54, 1.807) is 0 Å². The summed E-state index contributed by atoms with van der Waals surface area (Å²) in [4.78, 5) is 2.42. The molecule has 0 unspecified atom stereocenters. The monoisotopic (exact) mass is 271 g/mol. The van der Waals surface area contributed by atoms with Crippen LogP contribution in [-0.2, 0) is 0 Å². The molecular formula is C17H37NO. The van der Waals surface area contributed by atoms with E-state index in [0.717, 1.165) is 31.8 Å². The Balaban J connectivity index is 0.000000316. The highest BCUT2D eigenvalue weighted by Gasteiger charge is 2.15. The number of nitrogens with zero attached hydrogens (tertiary/aromatic N) is 1. The molecule has 1 saturated heterocycles. The average Bonchev–Trinajstić information content (AvgIpc) is 2.40. The van der Waals surface area contributed by atoms with Gasteiger partial charge in [0, 0.05) is 13.1 Å². The van der Waals surface area contributed by atoms with Gasteiger partial charge in [-0.05, 0) is 31.7 Å². The summed E-state index contributed by atoms with van der Waals surface area (Å²) < 4.78 is 0. The van der Waals surface area contributed by atoms with Crippen molar-refractivity contribution in [2.24, 2.45) is 5.92 Å². The quantitative estimate of drug-likeness (QED) is 0.815. The molecule has 0 aromatic carbocycles. The number of aliphatic hydroxyl groups excluding tert-OH is 1. The first-order chi connectivity index (χ1) is 9.26. The van der Waals surface area contributed by atoms with Crippen molar-refractivity contribution in [2.45, 2.75) is 85.2 Å². The Bertz CT molecular complexity index is 172. The first-order valence-electron chi connectivity index (χ1n) is 8.66. The standard InChI is InChI=1S/C8H17NO.C7H14.C2H6/c1-2-5-9-6-3-8(10)4-7-9;1-2-4-7-5-3-6-7;1-2/h8,10H,2-7H2,1H3;7H,2-6H2,1H3;1-2H3. The number of likely N-dealkylation sites (tertiary alicyclic amines) is 1. The van der Waals surface area contributed by atoms with Gasteiger partial charge in [0.05, 0.1) is 6.10 Å². The minimum Gasteiger partial charge on any atom is -0.393 e. The SMILES string of the molecule is CC.CCCC1CCC1.CCCN1CCC(O)CC1. The van der Waals surface area contributed by atoms with Gasteiger partial charge in [0.25, 0.3) is 0 Å². The summed E-state index contributed by atoms with van der Waals surface area (Å²) in [5.74, 6) is 1.13. The summed E-state index contributed by atoms with van der Waals surface area (Å²) >= 11 is 0. The largest absolute Gasteiger partial charge is 0.393 e. The maximum absolute atomic E-state index is 9.17. The second-order valence-electron chi connectivity index (χ2n) is 5.66. The van der Waals surface area contributed by atoms with Gasteiger partial charge in [0.15, 0.2) is 0 Å². The number of aliphatic hydroxyl groups is 1. The van der Waals surface area contributed by atoms with Crippen LogP contribution in [0.1, 0.15) is 79.1 Å². The lowest BCUT2D eigenvalue weighted by atomic mass is 9.82. The Hall–Kier alpha value is -0.0800. The highest BCUT2D eigenvalue weighted by molar-refractivity contribution is 4.70. The van der Waals surface area contributed by atoms with Crippen LogP contribution in [0.15, 0.2) is 0 Å². The number of rotatable bonds is 4. The van der Waals surface area contributed by atoms with Crippen molar-refractivity contribution in [3.63, 3.8) is 0 Å². The van der Waals surface area contributed by atoms with Crippen LogP contribution in [0.25, 0.3) is 0 Å².